The van der Waals surface area contributed by atoms with Crippen molar-refractivity contribution in [3.63, 3.8) is 0 Å². The van der Waals surface area contributed by atoms with Crippen molar-refractivity contribution in [3.05, 3.63) is 65.7 Å². The molecule has 0 aromatic heterocycles. The van der Waals surface area contributed by atoms with Crippen molar-refractivity contribution in [2.75, 3.05) is 13.2 Å². The van der Waals surface area contributed by atoms with Gasteiger partial charge >= 0.3 is 12.1 Å². The number of aliphatic carboxylic acids is 1. The molecule has 0 saturated carbocycles. The second-order valence-corrected chi connectivity index (χ2v) is 8.32. The fourth-order valence-electron chi connectivity index (χ4n) is 2.79. The number of carboxylic acid groups (broad SMARTS) is 1. The lowest BCUT2D eigenvalue weighted by molar-refractivity contribution is -0.139. The Morgan fingerprint density at radius 2 is 1.68 bits per heavy atom. The number of hydrogen-bond donors (Lipinski definition) is 3. The molecule has 7 nitrogen and oxygen atoms in total. The van der Waals surface area contributed by atoms with E-state index in [1.165, 1.54) is 0 Å². The van der Waals surface area contributed by atoms with E-state index in [-0.39, 0.29) is 18.6 Å². The van der Waals surface area contributed by atoms with E-state index >= 15 is 0 Å². The quantitative estimate of drug-likeness (QED) is 0.472. The lowest BCUT2D eigenvalue weighted by atomic mass is 10.1. The molecule has 1 amide bonds. The molecule has 7 heteroatoms. The van der Waals surface area contributed by atoms with Gasteiger partial charge in [-0.15, -0.1) is 0 Å². The third-order valence-electron chi connectivity index (χ3n) is 4.41. The first-order valence-corrected chi connectivity index (χ1v) is 10.4. The molecule has 1 unspecified atom stereocenters. The summed E-state index contributed by atoms with van der Waals surface area (Å²) in [7, 11) is 0. The van der Waals surface area contributed by atoms with Gasteiger partial charge in [-0.1, -0.05) is 42.5 Å². The van der Waals surface area contributed by atoms with Crippen molar-refractivity contribution in [2.24, 2.45) is 0 Å². The fraction of sp³-hybridized carbons (Fsp3) is 0.417. The Bertz CT molecular complexity index is 816. The van der Waals surface area contributed by atoms with Gasteiger partial charge in [0.1, 0.15) is 18.4 Å². The average Bonchev–Trinajstić information content (AvgIpc) is 2.72. The van der Waals surface area contributed by atoms with E-state index in [0.29, 0.717) is 6.61 Å². The molecule has 0 spiro atoms. The number of carbonyl (C=O) groups is 2. The molecule has 1 atom stereocenters. The second kappa shape index (κ2) is 12.0. The Morgan fingerprint density at radius 3 is 2.29 bits per heavy atom. The minimum Gasteiger partial charge on any atom is -0.494 e. The molecule has 0 fully saturated rings. The smallest absolute Gasteiger partial charge is 0.408 e. The van der Waals surface area contributed by atoms with E-state index in [1.54, 1.807) is 24.3 Å². The molecule has 0 radical (unpaired) electrons. The highest BCUT2D eigenvalue weighted by Crippen LogP contribution is 2.14. The zero-order valence-corrected chi connectivity index (χ0v) is 18.4. The molecule has 168 valence electrons. The molecule has 3 N–H and O–H groups in total. The third kappa shape index (κ3) is 10.00. The van der Waals surface area contributed by atoms with Crippen LogP contribution in [-0.2, 0) is 22.6 Å². The summed E-state index contributed by atoms with van der Waals surface area (Å²) in [6.07, 6.45) is 0.265. The Labute approximate surface area is 183 Å². The zero-order valence-electron chi connectivity index (χ0n) is 18.4. The lowest BCUT2D eigenvalue weighted by Crippen LogP contribution is -2.42. The van der Waals surface area contributed by atoms with Crippen LogP contribution in [0.2, 0.25) is 0 Å². The number of carbonyl (C=O) groups excluding carboxylic acids is 1. The number of benzene rings is 2. The van der Waals surface area contributed by atoms with Crippen LogP contribution in [0.1, 0.15) is 38.3 Å². The summed E-state index contributed by atoms with van der Waals surface area (Å²) < 4.78 is 10.8. The SMILES string of the molecule is CC(C)(C)NCCCOc1ccc(CC(NC(=O)OCc2ccccc2)C(=O)O)cc1. The van der Waals surface area contributed by atoms with Crippen LogP contribution in [-0.4, -0.2) is 41.9 Å². The van der Waals surface area contributed by atoms with Crippen molar-refractivity contribution in [1.29, 1.82) is 0 Å². The van der Waals surface area contributed by atoms with Gasteiger partial charge in [-0.3, -0.25) is 0 Å². The summed E-state index contributed by atoms with van der Waals surface area (Å²) in [5.41, 5.74) is 1.69. The zero-order chi connectivity index (χ0) is 22.7. The molecule has 0 saturated heterocycles. The molecule has 0 aliphatic carbocycles. The van der Waals surface area contributed by atoms with E-state index < -0.39 is 18.1 Å². The highest BCUT2D eigenvalue weighted by Gasteiger charge is 2.21. The Hall–Kier alpha value is -3.06. The van der Waals surface area contributed by atoms with Crippen LogP contribution in [0.5, 0.6) is 5.75 Å². The van der Waals surface area contributed by atoms with Crippen molar-refractivity contribution in [3.8, 4) is 5.75 Å². The van der Waals surface area contributed by atoms with E-state index in [9.17, 15) is 14.7 Å². The molecule has 0 bridgehead atoms. The monoisotopic (exact) mass is 428 g/mol. The molecular weight excluding hydrogens is 396 g/mol. The van der Waals surface area contributed by atoms with Crippen molar-refractivity contribution < 1.29 is 24.2 Å². The van der Waals surface area contributed by atoms with Gasteiger partial charge < -0.3 is 25.2 Å². The fourth-order valence-corrected chi connectivity index (χ4v) is 2.79. The van der Waals surface area contributed by atoms with E-state index in [4.69, 9.17) is 9.47 Å². The maximum Gasteiger partial charge on any atom is 0.408 e. The van der Waals surface area contributed by atoms with Crippen LogP contribution in [0.3, 0.4) is 0 Å². The Morgan fingerprint density at radius 1 is 1.00 bits per heavy atom. The van der Waals surface area contributed by atoms with Crippen LogP contribution in [0.4, 0.5) is 4.79 Å². The van der Waals surface area contributed by atoms with Crippen LogP contribution in [0.25, 0.3) is 0 Å². The van der Waals surface area contributed by atoms with Gasteiger partial charge in [0.2, 0.25) is 0 Å². The molecule has 2 aromatic carbocycles. The number of rotatable bonds is 11. The van der Waals surface area contributed by atoms with Crippen LogP contribution in [0.15, 0.2) is 54.6 Å². The van der Waals surface area contributed by atoms with Crippen molar-refractivity contribution in [2.45, 2.75) is 51.8 Å². The number of hydrogen-bond acceptors (Lipinski definition) is 5. The first-order chi connectivity index (χ1) is 14.7. The van der Waals surface area contributed by atoms with Crippen LogP contribution < -0.4 is 15.4 Å². The predicted molar refractivity (Wildman–Crippen MR) is 119 cm³/mol. The summed E-state index contributed by atoms with van der Waals surface area (Å²) in [5, 5.41) is 15.3. The predicted octanol–water partition coefficient (Wildman–Crippen LogP) is 3.77. The van der Waals surface area contributed by atoms with Crippen molar-refractivity contribution in [1.82, 2.24) is 10.6 Å². The lowest BCUT2D eigenvalue weighted by Gasteiger charge is -2.20. The second-order valence-electron chi connectivity index (χ2n) is 8.32. The minimum absolute atomic E-state index is 0.0797. The summed E-state index contributed by atoms with van der Waals surface area (Å²) in [6, 6.07) is 15.3. The molecule has 0 aliphatic rings. The number of ether oxygens (including phenoxy) is 2. The maximum absolute atomic E-state index is 12.0. The molecule has 31 heavy (non-hydrogen) atoms. The van der Waals surface area contributed by atoms with Crippen LogP contribution in [0, 0.1) is 0 Å². The molecule has 2 rings (SSSR count). The van der Waals surface area contributed by atoms with Gasteiger partial charge in [0.15, 0.2) is 0 Å². The molecule has 0 aliphatic heterocycles. The maximum atomic E-state index is 12.0. The number of amides is 1. The Kier molecular flexibility index (Phi) is 9.34. The van der Waals surface area contributed by atoms with E-state index in [1.807, 2.05) is 30.3 Å². The highest BCUT2D eigenvalue weighted by atomic mass is 16.5. The van der Waals surface area contributed by atoms with E-state index in [0.717, 1.165) is 29.8 Å². The normalized spacial score (nSPS) is 12.1. The van der Waals surface area contributed by atoms with Crippen molar-refractivity contribution >= 4 is 12.1 Å². The van der Waals surface area contributed by atoms with Gasteiger partial charge in [0.05, 0.1) is 6.61 Å². The number of alkyl carbamates (subject to hydrolysis) is 1. The van der Waals surface area contributed by atoms with Gasteiger partial charge in [-0.05, 0) is 57.0 Å². The summed E-state index contributed by atoms with van der Waals surface area (Å²) in [4.78, 5) is 23.5. The molecule has 0 heterocycles. The summed E-state index contributed by atoms with van der Waals surface area (Å²) in [6.45, 7) is 7.90. The Balaban J connectivity index is 1.77. The average molecular weight is 429 g/mol. The van der Waals surface area contributed by atoms with Gasteiger partial charge in [-0.2, -0.15) is 0 Å². The van der Waals surface area contributed by atoms with Gasteiger partial charge in [0.25, 0.3) is 0 Å². The summed E-state index contributed by atoms with van der Waals surface area (Å²) in [5.74, 6) is -0.398. The first-order valence-electron chi connectivity index (χ1n) is 10.4. The molecular formula is C24H32N2O5. The standard InChI is InChI=1S/C24H32N2O5/c1-24(2,3)25-14-7-15-30-20-12-10-18(11-13-20)16-21(22(27)28)26-23(29)31-17-19-8-5-4-6-9-19/h4-6,8-13,21,25H,7,14-17H2,1-3H3,(H,26,29)(H,27,28). The summed E-state index contributed by atoms with van der Waals surface area (Å²) >= 11 is 0. The largest absolute Gasteiger partial charge is 0.494 e. The van der Waals surface area contributed by atoms with Crippen LogP contribution >= 0.6 is 0 Å². The third-order valence-corrected chi connectivity index (χ3v) is 4.41. The van der Waals surface area contributed by atoms with E-state index in [2.05, 4.69) is 31.4 Å². The molecule has 2 aromatic rings. The topological polar surface area (TPSA) is 96.9 Å². The first kappa shape index (κ1) is 24.2. The minimum atomic E-state index is -1.12. The van der Waals surface area contributed by atoms with Gasteiger partial charge in [-0.25, -0.2) is 9.59 Å². The number of carboxylic acids is 1. The number of nitrogens with one attached hydrogen (secondary N) is 2. The highest BCUT2D eigenvalue weighted by molar-refractivity contribution is 5.80. The van der Waals surface area contributed by atoms with Gasteiger partial charge in [0, 0.05) is 12.0 Å².